The van der Waals surface area contributed by atoms with Gasteiger partial charge in [0.2, 0.25) is 0 Å². The quantitative estimate of drug-likeness (QED) is 0.838. The van der Waals surface area contributed by atoms with Crippen LogP contribution in [0.1, 0.15) is 49.5 Å². The lowest BCUT2D eigenvalue weighted by molar-refractivity contribution is 0.547. The molecule has 0 spiro atoms. The third-order valence-electron chi connectivity index (χ3n) is 3.30. The van der Waals surface area contributed by atoms with Crippen LogP contribution in [0, 0.1) is 0 Å². The standard InChI is InChI=1S/C15H23N3S/c1-4-9-18-10-8-17-15(18)13(16-6-3)14-12(5-2)7-11-19-14/h7-8,10-11,13,16H,4-6,9H2,1-3H3. The lowest BCUT2D eigenvalue weighted by Crippen LogP contribution is -2.25. The summed E-state index contributed by atoms with van der Waals surface area (Å²) >= 11 is 1.83. The zero-order valence-corrected chi connectivity index (χ0v) is 12.8. The molecule has 0 amide bonds. The van der Waals surface area contributed by atoms with Gasteiger partial charge in [-0.3, -0.25) is 0 Å². The number of aromatic nitrogens is 2. The molecule has 2 aromatic rings. The van der Waals surface area contributed by atoms with Gasteiger partial charge in [0.15, 0.2) is 0 Å². The molecule has 0 saturated carbocycles. The highest BCUT2D eigenvalue weighted by atomic mass is 32.1. The van der Waals surface area contributed by atoms with Crippen LogP contribution in [0.4, 0.5) is 0 Å². The summed E-state index contributed by atoms with van der Waals surface area (Å²) in [6.07, 6.45) is 6.21. The zero-order chi connectivity index (χ0) is 13.7. The van der Waals surface area contributed by atoms with Gasteiger partial charge in [-0.15, -0.1) is 11.3 Å². The van der Waals surface area contributed by atoms with Gasteiger partial charge in [-0.25, -0.2) is 4.98 Å². The number of thiophene rings is 1. The van der Waals surface area contributed by atoms with Crippen LogP contribution in [-0.4, -0.2) is 16.1 Å². The van der Waals surface area contributed by atoms with Crippen LogP contribution < -0.4 is 5.32 Å². The van der Waals surface area contributed by atoms with Crippen LogP contribution in [0.3, 0.4) is 0 Å². The molecule has 3 nitrogen and oxygen atoms in total. The molecular weight excluding hydrogens is 254 g/mol. The molecule has 0 aromatic carbocycles. The molecule has 104 valence electrons. The second kappa shape index (κ2) is 6.87. The zero-order valence-electron chi connectivity index (χ0n) is 12.0. The van der Waals surface area contributed by atoms with Crippen molar-refractivity contribution in [1.82, 2.24) is 14.9 Å². The molecule has 0 radical (unpaired) electrons. The maximum Gasteiger partial charge on any atom is 0.131 e. The fourth-order valence-electron chi connectivity index (χ4n) is 2.41. The number of rotatable bonds is 7. The molecule has 2 heterocycles. The van der Waals surface area contributed by atoms with E-state index < -0.39 is 0 Å². The van der Waals surface area contributed by atoms with Gasteiger partial charge in [0, 0.05) is 23.8 Å². The minimum atomic E-state index is 0.224. The van der Waals surface area contributed by atoms with E-state index in [4.69, 9.17) is 0 Å². The van der Waals surface area contributed by atoms with E-state index >= 15 is 0 Å². The summed E-state index contributed by atoms with van der Waals surface area (Å²) < 4.78 is 2.27. The minimum Gasteiger partial charge on any atom is -0.333 e. The van der Waals surface area contributed by atoms with Crippen molar-refractivity contribution in [3.8, 4) is 0 Å². The second-order valence-corrected chi connectivity index (χ2v) is 5.58. The Bertz CT molecular complexity index is 501. The predicted octanol–water partition coefficient (Wildman–Crippen LogP) is 3.62. The van der Waals surface area contributed by atoms with Crippen LogP contribution in [-0.2, 0) is 13.0 Å². The smallest absolute Gasteiger partial charge is 0.131 e. The van der Waals surface area contributed by atoms with Gasteiger partial charge >= 0.3 is 0 Å². The Morgan fingerprint density at radius 1 is 1.37 bits per heavy atom. The van der Waals surface area contributed by atoms with Crippen LogP contribution in [0.5, 0.6) is 0 Å². The van der Waals surface area contributed by atoms with Gasteiger partial charge in [-0.2, -0.15) is 0 Å². The lowest BCUT2D eigenvalue weighted by atomic mass is 10.1. The Balaban J connectivity index is 2.36. The topological polar surface area (TPSA) is 29.9 Å². The van der Waals surface area contributed by atoms with Gasteiger partial charge in [0.1, 0.15) is 11.9 Å². The van der Waals surface area contributed by atoms with E-state index in [0.717, 1.165) is 31.8 Å². The molecule has 1 atom stereocenters. The molecule has 4 heteroatoms. The Morgan fingerprint density at radius 3 is 2.89 bits per heavy atom. The average molecular weight is 277 g/mol. The summed E-state index contributed by atoms with van der Waals surface area (Å²) in [5.74, 6) is 1.14. The van der Waals surface area contributed by atoms with E-state index in [-0.39, 0.29) is 6.04 Å². The van der Waals surface area contributed by atoms with Gasteiger partial charge in [-0.1, -0.05) is 20.8 Å². The average Bonchev–Trinajstić information content (AvgIpc) is 3.05. The summed E-state index contributed by atoms with van der Waals surface area (Å²) in [5.41, 5.74) is 1.43. The van der Waals surface area contributed by atoms with E-state index in [2.05, 4.69) is 53.3 Å². The highest BCUT2D eigenvalue weighted by molar-refractivity contribution is 7.10. The summed E-state index contributed by atoms with van der Waals surface area (Å²) in [7, 11) is 0. The molecular formula is C15H23N3S. The van der Waals surface area contributed by atoms with E-state index in [1.54, 1.807) is 0 Å². The van der Waals surface area contributed by atoms with E-state index in [1.807, 2.05) is 17.5 Å². The summed E-state index contributed by atoms with van der Waals surface area (Å²) in [5, 5.41) is 5.77. The van der Waals surface area contributed by atoms with Crippen molar-refractivity contribution in [2.75, 3.05) is 6.54 Å². The van der Waals surface area contributed by atoms with Crippen molar-refractivity contribution in [2.24, 2.45) is 0 Å². The number of nitrogens with one attached hydrogen (secondary N) is 1. The largest absolute Gasteiger partial charge is 0.333 e. The number of hydrogen-bond donors (Lipinski definition) is 1. The molecule has 0 saturated heterocycles. The molecule has 0 bridgehead atoms. The summed E-state index contributed by atoms with van der Waals surface area (Å²) in [4.78, 5) is 6.00. The van der Waals surface area contributed by atoms with Gasteiger partial charge in [0.25, 0.3) is 0 Å². The normalized spacial score (nSPS) is 12.8. The van der Waals surface area contributed by atoms with Crippen molar-refractivity contribution in [2.45, 2.75) is 46.2 Å². The fourth-order valence-corrected chi connectivity index (χ4v) is 3.48. The number of nitrogens with zero attached hydrogens (tertiary/aromatic N) is 2. The maximum atomic E-state index is 4.59. The van der Waals surface area contributed by atoms with Gasteiger partial charge in [0.05, 0.1) is 0 Å². The van der Waals surface area contributed by atoms with Gasteiger partial charge in [-0.05, 0) is 36.4 Å². The molecule has 1 unspecified atom stereocenters. The van der Waals surface area contributed by atoms with Crippen LogP contribution in [0.25, 0.3) is 0 Å². The van der Waals surface area contributed by atoms with Crippen molar-refractivity contribution in [3.05, 3.63) is 40.1 Å². The monoisotopic (exact) mass is 277 g/mol. The summed E-state index contributed by atoms with van der Waals surface area (Å²) in [6.45, 7) is 8.55. The maximum absolute atomic E-state index is 4.59. The molecule has 2 rings (SSSR count). The Hall–Kier alpha value is -1.13. The first-order valence-electron chi connectivity index (χ1n) is 7.12. The Labute approximate surface area is 119 Å². The second-order valence-electron chi connectivity index (χ2n) is 4.63. The number of hydrogen-bond acceptors (Lipinski definition) is 3. The molecule has 1 N–H and O–H groups in total. The summed E-state index contributed by atoms with van der Waals surface area (Å²) in [6, 6.07) is 2.46. The predicted molar refractivity (Wildman–Crippen MR) is 81.7 cm³/mol. The molecule has 0 aliphatic heterocycles. The van der Waals surface area contributed by atoms with Crippen molar-refractivity contribution >= 4 is 11.3 Å². The Kier molecular flexibility index (Phi) is 5.16. The number of aryl methyl sites for hydroxylation is 2. The minimum absolute atomic E-state index is 0.224. The van der Waals surface area contributed by atoms with Gasteiger partial charge < -0.3 is 9.88 Å². The van der Waals surface area contributed by atoms with Crippen molar-refractivity contribution < 1.29 is 0 Å². The van der Waals surface area contributed by atoms with E-state index in [0.29, 0.717) is 0 Å². The van der Waals surface area contributed by atoms with Crippen LogP contribution in [0.2, 0.25) is 0 Å². The first-order chi connectivity index (χ1) is 9.31. The highest BCUT2D eigenvalue weighted by Crippen LogP contribution is 2.29. The molecule has 19 heavy (non-hydrogen) atoms. The molecule has 0 aliphatic rings. The molecule has 2 aromatic heterocycles. The fraction of sp³-hybridized carbons (Fsp3) is 0.533. The molecule has 0 fully saturated rings. The molecule has 0 aliphatic carbocycles. The van der Waals surface area contributed by atoms with Crippen LogP contribution in [0.15, 0.2) is 23.8 Å². The first-order valence-corrected chi connectivity index (χ1v) is 8.00. The third kappa shape index (κ3) is 3.07. The Morgan fingerprint density at radius 2 is 2.21 bits per heavy atom. The SMILES string of the molecule is CCCn1ccnc1C(NCC)c1sccc1CC. The number of imidazole rings is 1. The van der Waals surface area contributed by atoms with Crippen LogP contribution >= 0.6 is 11.3 Å². The van der Waals surface area contributed by atoms with E-state index in [9.17, 15) is 0 Å². The van der Waals surface area contributed by atoms with E-state index in [1.165, 1.54) is 10.4 Å². The van der Waals surface area contributed by atoms with Crippen molar-refractivity contribution in [3.63, 3.8) is 0 Å². The van der Waals surface area contributed by atoms with Crippen molar-refractivity contribution in [1.29, 1.82) is 0 Å². The first kappa shape index (κ1) is 14.3. The lowest BCUT2D eigenvalue weighted by Gasteiger charge is -2.19. The highest BCUT2D eigenvalue weighted by Gasteiger charge is 2.21. The third-order valence-corrected chi connectivity index (χ3v) is 4.33.